The van der Waals surface area contributed by atoms with Gasteiger partial charge in [0, 0.05) is 0 Å². The highest BCUT2D eigenvalue weighted by atomic mass is 16.2. The summed E-state index contributed by atoms with van der Waals surface area (Å²) >= 11 is 0. The van der Waals surface area contributed by atoms with E-state index in [1.165, 1.54) is 5.01 Å². The fraction of sp³-hybridized carbons (Fsp3) is 0.150. The van der Waals surface area contributed by atoms with Gasteiger partial charge in [0.05, 0.1) is 28.5 Å². The zero-order valence-electron chi connectivity index (χ0n) is 14.1. The second-order valence-corrected chi connectivity index (χ2v) is 6.12. The molecule has 124 valence electrons. The van der Waals surface area contributed by atoms with Gasteiger partial charge in [-0.2, -0.15) is 15.2 Å². The molecule has 0 saturated heterocycles. The zero-order chi connectivity index (χ0) is 17.4. The maximum atomic E-state index is 13.1. The van der Waals surface area contributed by atoms with Crippen molar-refractivity contribution in [3.63, 3.8) is 0 Å². The lowest BCUT2D eigenvalue weighted by Gasteiger charge is -2.15. The molecule has 0 bridgehead atoms. The van der Waals surface area contributed by atoms with Crippen LogP contribution in [0.4, 0.5) is 5.69 Å². The molecule has 4 rings (SSSR count). The summed E-state index contributed by atoms with van der Waals surface area (Å²) in [5, 5.41) is 10.6. The molecule has 2 heterocycles. The van der Waals surface area contributed by atoms with E-state index in [0.717, 1.165) is 28.5 Å². The summed E-state index contributed by atoms with van der Waals surface area (Å²) in [6, 6.07) is 21.3. The molecule has 5 nitrogen and oxygen atoms in total. The van der Waals surface area contributed by atoms with Crippen molar-refractivity contribution in [3.8, 4) is 5.69 Å². The summed E-state index contributed by atoms with van der Waals surface area (Å²) in [4.78, 5) is 13.1. The van der Waals surface area contributed by atoms with Crippen molar-refractivity contribution in [2.75, 3.05) is 5.01 Å². The fourth-order valence-corrected chi connectivity index (χ4v) is 3.16. The molecular formula is C20H18N4O. The summed E-state index contributed by atoms with van der Waals surface area (Å²) < 4.78 is 1.84. The number of benzene rings is 2. The number of hydrogen-bond donors (Lipinski definition) is 0. The third-order valence-corrected chi connectivity index (χ3v) is 4.29. The molecule has 0 spiro atoms. The van der Waals surface area contributed by atoms with Gasteiger partial charge in [-0.3, -0.25) is 4.79 Å². The minimum Gasteiger partial charge on any atom is -0.271 e. The third kappa shape index (κ3) is 2.63. The lowest BCUT2D eigenvalue weighted by atomic mass is 9.99. The lowest BCUT2D eigenvalue weighted by Crippen LogP contribution is -2.27. The van der Waals surface area contributed by atoms with Crippen molar-refractivity contribution in [2.24, 2.45) is 5.10 Å². The summed E-state index contributed by atoms with van der Waals surface area (Å²) in [5.41, 5.74) is 4.19. The van der Waals surface area contributed by atoms with E-state index in [9.17, 15) is 4.79 Å². The van der Waals surface area contributed by atoms with Gasteiger partial charge in [-0.1, -0.05) is 36.4 Å². The Hall–Kier alpha value is -3.21. The van der Waals surface area contributed by atoms with Crippen molar-refractivity contribution < 1.29 is 4.79 Å². The van der Waals surface area contributed by atoms with Gasteiger partial charge in [0.25, 0.3) is 5.91 Å². The van der Waals surface area contributed by atoms with E-state index >= 15 is 0 Å². The zero-order valence-corrected chi connectivity index (χ0v) is 14.1. The number of hydrazone groups is 1. The number of aromatic nitrogens is 2. The molecule has 1 atom stereocenters. The van der Waals surface area contributed by atoms with Crippen LogP contribution < -0.4 is 5.01 Å². The maximum Gasteiger partial charge on any atom is 0.262 e. The summed E-state index contributed by atoms with van der Waals surface area (Å²) in [7, 11) is 0. The number of amides is 1. The summed E-state index contributed by atoms with van der Waals surface area (Å²) in [6.45, 7) is 3.83. The third-order valence-electron chi connectivity index (χ3n) is 4.29. The summed E-state index contributed by atoms with van der Waals surface area (Å²) in [6.07, 6.45) is 0. The molecule has 0 radical (unpaired) electrons. The molecule has 2 aromatic carbocycles. The van der Waals surface area contributed by atoms with Gasteiger partial charge >= 0.3 is 0 Å². The van der Waals surface area contributed by atoms with E-state index < -0.39 is 5.92 Å². The van der Waals surface area contributed by atoms with Crippen LogP contribution in [0, 0.1) is 6.92 Å². The number of anilines is 1. The van der Waals surface area contributed by atoms with Gasteiger partial charge in [-0.05, 0) is 44.2 Å². The maximum absolute atomic E-state index is 13.1. The fourth-order valence-electron chi connectivity index (χ4n) is 3.16. The van der Waals surface area contributed by atoms with Crippen molar-refractivity contribution >= 4 is 17.3 Å². The standard InChI is InChI=1S/C20H18N4O/c1-14-13-18(23(21-14)16-9-5-3-6-10-16)19-15(2)22-24(20(19)25)17-11-7-4-8-12-17/h3-13,19H,1-2H3/t19-/m1/s1. The minimum atomic E-state index is -0.429. The molecule has 1 aliphatic heterocycles. The average molecular weight is 330 g/mol. The van der Waals surface area contributed by atoms with E-state index in [2.05, 4.69) is 10.2 Å². The van der Waals surface area contributed by atoms with E-state index in [0.29, 0.717) is 0 Å². The molecule has 5 heteroatoms. The van der Waals surface area contributed by atoms with Crippen LogP contribution in [0.3, 0.4) is 0 Å². The van der Waals surface area contributed by atoms with Crippen LogP contribution >= 0.6 is 0 Å². The molecule has 0 N–H and O–H groups in total. The van der Waals surface area contributed by atoms with Crippen LogP contribution in [0.1, 0.15) is 24.2 Å². The van der Waals surface area contributed by atoms with Gasteiger partial charge in [-0.25, -0.2) is 4.68 Å². The highest BCUT2D eigenvalue weighted by Crippen LogP contribution is 2.31. The van der Waals surface area contributed by atoms with Crippen LogP contribution in [-0.4, -0.2) is 21.4 Å². The number of rotatable bonds is 3. The van der Waals surface area contributed by atoms with Gasteiger partial charge in [0.1, 0.15) is 5.92 Å². The SMILES string of the molecule is CC1=NN(c2ccccc2)C(=O)[C@H]1c1cc(C)nn1-c1ccccc1. The van der Waals surface area contributed by atoms with E-state index in [1.54, 1.807) is 0 Å². The largest absolute Gasteiger partial charge is 0.271 e. The van der Waals surface area contributed by atoms with E-state index in [-0.39, 0.29) is 5.91 Å². The van der Waals surface area contributed by atoms with Crippen molar-refractivity contribution in [2.45, 2.75) is 19.8 Å². The van der Waals surface area contributed by atoms with Crippen molar-refractivity contribution in [1.29, 1.82) is 0 Å². The Morgan fingerprint density at radius 2 is 1.48 bits per heavy atom. The first-order valence-corrected chi connectivity index (χ1v) is 8.21. The minimum absolute atomic E-state index is 0.0548. The number of nitrogens with zero attached hydrogens (tertiary/aromatic N) is 4. The van der Waals surface area contributed by atoms with Crippen LogP contribution in [0.2, 0.25) is 0 Å². The molecule has 0 aliphatic carbocycles. The van der Waals surface area contributed by atoms with Crippen LogP contribution in [0.15, 0.2) is 71.8 Å². The number of aryl methyl sites for hydroxylation is 1. The van der Waals surface area contributed by atoms with Gasteiger partial charge in [0.15, 0.2) is 0 Å². The highest BCUT2D eigenvalue weighted by Gasteiger charge is 2.38. The smallest absolute Gasteiger partial charge is 0.262 e. The normalized spacial score (nSPS) is 17.0. The Balaban J connectivity index is 1.77. The first-order chi connectivity index (χ1) is 12.1. The predicted molar refractivity (Wildman–Crippen MR) is 98.1 cm³/mol. The molecule has 25 heavy (non-hydrogen) atoms. The Bertz CT molecular complexity index is 944. The second kappa shape index (κ2) is 6.02. The number of carbonyl (C=O) groups excluding carboxylic acids is 1. The molecular weight excluding hydrogens is 312 g/mol. The number of hydrogen-bond acceptors (Lipinski definition) is 3. The monoisotopic (exact) mass is 330 g/mol. The first-order valence-electron chi connectivity index (χ1n) is 8.21. The second-order valence-electron chi connectivity index (χ2n) is 6.12. The topological polar surface area (TPSA) is 50.5 Å². The molecule has 1 aliphatic rings. The molecule has 1 aromatic heterocycles. The van der Waals surface area contributed by atoms with E-state index in [1.807, 2.05) is 85.3 Å². The molecule has 0 unspecified atom stereocenters. The quantitative estimate of drug-likeness (QED) is 0.735. The summed E-state index contributed by atoms with van der Waals surface area (Å²) in [5.74, 6) is -0.484. The Kier molecular flexibility index (Phi) is 3.69. The first kappa shape index (κ1) is 15.3. The highest BCUT2D eigenvalue weighted by molar-refractivity contribution is 6.18. The van der Waals surface area contributed by atoms with Gasteiger partial charge < -0.3 is 0 Å². The van der Waals surface area contributed by atoms with Crippen molar-refractivity contribution in [3.05, 3.63) is 78.1 Å². The molecule has 0 fully saturated rings. The molecule has 3 aromatic rings. The Morgan fingerprint density at radius 1 is 0.880 bits per heavy atom. The Labute approximate surface area is 146 Å². The predicted octanol–water partition coefficient (Wildman–Crippen LogP) is 3.69. The average Bonchev–Trinajstić information content (AvgIpc) is 3.15. The lowest BCUT2D eigenvalue weighted by molar-refractivity contribution is -0.118. The van der Waals surface area contributed by atoms with Crippen LogP contribution in [0.5, 0.6) is 0 Å². The van der Waals surface area contributed by atoms with Gasteiger partial charge in [-0.15, -0.1) is 0 Å². The van der Waals surface area contributed by atoms with E-state index in [4.69, 9.17) is 0 Å². The van der Waals surface area contributed by atoms with Crippen LogP contribution in [0.25, 0.3) is 5.69 Å². The van der Waals surface area contributed by atoms with Crippen molar-refractivity contribution in [1.82, 2.24) is 9.78 Å². The number of carbonyl (C=O) groups is 1. The Morgan fingerprint density at radius 3 is 2.12 bits per heavy atom. The van der Waals surface area contributed by atoms with Gasteiger partial charge in [0.2, 0.25) is 0 Å². The molecule has 0 saturated carbocycles. The van der Waals surface area contributed by atoms with Crippen LogP contribution in [-0.2, 0) is 4.79 Å². The number of para-hydroxylation sites is 2. The molecule has 1 amide bonds.